The van der Waals surface area contributed by atoms with Crippen LogP contribution in [0.5, 0.6) is 5.75 Å². The Morgan fingerprint density at radius 1 is 1.12 bits per heavy atom. The van der Waals surface area contributed by atoms with E-state index in [1.54, 1.807) is 19.2 Å². The van der Waals surface area contributed by atoms with Crippen molar-refractivity contribution in [1.82, 2.24) is 19.8 Å². The summed E-state index contributed by atoms with van der Waals surface area (Å²) in [5.74, 6) is 3.44. The Balaban J connectivity index is 2.03. The smallest absolute Gasteiger partial charge is 0.368 e. The SMILES string of the molecule is C#Cc1cccc(-n2nnn(C)c2=O)c1COc1cc(C)c(C)cc1C. The minimum absolute atomic E-state index is 0.224. The lowest BCUT2D eigenvalue weighted by atomic mass is 10.1. The van der Waals surface area contributed by atoms with E-state index < -0.39 is 0 Å². The summed E-state index contributed by atoms with van der Waals surface area (Å²) in [5, 5.41) is 7.68. The fourth-order valence-electron chi connectivity index (χ4n) is 2.76. The van der Waals surface area contributed by atoms with E-state index in [-0.39, 0.29) is 12.3 Å². The van der Waals surface area contributed by atoms with Gasteiger partial charge in [0.1, 0.15) is 12.4 Å². The van der Waals surface area contributed by atoms with Crippen molar-refractivity contribution in [2.45, 2.75) is 27.4 Å². The van der Waals surface area contributed by atoms with Crippen LogP contribution in [0.1, 0.15) is 27.8 Å². The van der Waals surface area contributed by atoms with Crippen molar-refractivity contribution < 1.29 is 4.74 Å². The zero-order valence-electron chi connectivity index (χ0n) is 15.3. The number of aromatic nitrogens is 4. The van der Waals surface area contributed by atoms with Gasteiger partial charge in [-0.15, -0.1) is 6.42 Å². The first kappa shape index (κ1) is 17.5. The number of tetrazole rings is 1. The predicted molar refractivity (Wildman–Crippen MR) is 99.5 cm³/mol. The van der Waals surface area contributed by atoms with E-state index in [0.29, 0.717) is 11.3 Å². The summed E-state index contributed by atoms with van der Waals surface area (Å²) in [7, 11) is 1.55. The van der Waals surface area contributed by atoms with Crippen LogP contribution in [0.25, 0.3) is 5.69 Å². The summed E-state index contributed by atoms with van der Waals surface area (Å²) in [6.45, 7) is 6.34. The van der Waals surface area contributed by atoms with E-state index in [1.807, 2.05) is 26.0 Å². The van der Waals surface area contributed by atoms with E-state index in [1.165, 1.54) is 14.9 Å². The molecule has 0 saturated heterocycles. The molecule has 0 bridgehead atoms. The molecule has 6 nitrogen and oxygen atoms in total. The Bertz CT molecular complexity index is 1070. The molecule has 26 heavy (non-hydrogen) atoms. The fourth-order valence-corrected chi connectivity index (χ4v) is 2.76. The number of ether oxygens (including phenoxy) is 1. The number of hydrogen-bond donors (Lipinski definition) is 0. The highest BCUT2D eigenvalue weighted by Crippen LogP contribution is 2.25. The summed E-state index contributed by atoms with van der Waals surface area (Å²) >= 11 is 0. The van der Waals surface area contributed by atoms with Crippen molar-refractivity contribution >= 4 is 0 Å². The molecule has 0 amide bonds. The predicted octanol–water partition coefficient (Wildman–Crippen LogP) is 2.45. The molecule has 0 aliphatic rings. The second kappa shape index (κ2) is 6.89. The molecule has 1 aromatic heterocycles. The summed E-state index contributed by atoms with van der Waals surface area (Å²) in [6.07, 6.45) is 5.65. The topological polar surface area (TPSA) is 61.9 Å². The molecule has 1 heterocycles. The van der Waals surface area contributed by atoms with Crippen LogP contribution in [0.15, 0.2) is 35.1 Å². The highest BCUT2D eigenvalue weighted by Gasteiger charge is 2.15. The van der Waals surface area contributed by atoms with Crippen molar-refractivity contribution in [2.24, 2.45) is 7.05 Å². The molecule has 132 valence electrons. The maximum atomic E-state index is 12.2. The molecule has 0 atom stereocenters. The lowest BCUT2D eigenvalue weighted by Gasteiger charge is -2.15. The van der Waals surface area contributed by atoms with Crippen LogP contribution >= 0.6 is 0 Å². The second-order valence-corrected chi connectivity index (χ2v) is 6.24. The molecule has 0 fully saturated rings. The summed E-state index contributed by atoms with van der Waals surface area (Å²) in [5.41, 5.74) is 5.01. The van der Waals surface area contributed by atoms with Gasteiger partial charge in [0.2, 0.25) is 0 Å². The Morgan fingerprint density at radius 2 is 1.85 bits per heavy atom. The summed E-state index contributed by atoms with van der Waals surface area (Å²) < 4.78 is 8.44. The van der Waals surface area contributed by atoms with Gasteiger partial charge >= 0.3 is 5.69 Å². The van der Waals surface area contributed by atoms with E-state index >= 15 is 0 Å². The zero-order valence-corrected chi connectivity index (χ0v) is 15.3. The van der Waals surface area contributed by atoms with Crippen LogP contribution in [0.4, 0.5) is 0 Å². The van der Waals surface area contributed by atoms with E-state index in [9.17, 15) is 4.79 Å². The molecular formula is C20H20N4O2. The summed E-state index contributed by atoms with van der Waals surface area (Å²) in [6, 6.07) is 9.49. The molecule has 0 radical (unpaired) electrons. The lowest BCUT2D eigenvalue weighted by molar-refractivity contribution is 0.303. The fraction of sp³-hybridized carbons (Fsp3) is 0.250. The Kier molecular flexibility index (Phi) is 4.63. The van der Waals surface area contributed by atoms with Gasteiger partial charge in [0.25, 0.3) is 0 Å². The number of terminal acetylenes is 1. The zero-order chi connectivity index (χ0) is 18.8. The molecule has 0 aliphatic carbocycles. The molecule has 0 aliphatic heterocycles. The lowest BCUT2D eigenvalue weighted by Crippen LogP contribution is -2.23. The Morgan fingerprint density at radius 3 is 2.50 bits per heavy atom. The van der Waals surface area contributed by atoms with Crippen molar-refractivity contribution in [3.8, 4) is 23.8 Å². The van der Waals surface area contributed by atoms with Gasteiger partial charge in [-0.3, -0.25) is 0 Å². The molecule has 0 N–H and O–H groups in total. The molecule has 3 aromatic rings. The molecule has 3 rings (SSSR count). The van der Waals surface area contributed by atoms with Crippen molar-refractivity contribution in [2.75, 3.05) is 0 Å². The Hall–Kier alpha value is -3.33. The van der Waals surface area contributed by atoms with E-state index in [0.717, 1.165) is 22.4 Å². The average molecular weight is 348 g/mol. The minimum Gasteiger partial charge on any atom is -0.488 e. The third kappa shape index (κ3) is 3.11. The van der Waals surface area contributed by atoms with Crippen LogP contribution < -0.4 is 10.4 Å². The molecule has 0 spiro atoms. The van der Waals surface area contributed by atoms with Gasteiger partial charge in [0.05, 0.1) is 5.69 Å². The molecule has 2 aromatic carbocycles. The van der Waals surface area contributed by atoms with Gasteiger partial charge in [0, 0.05) is 18.2 Å². The van der Waals surface area contributed by atoms with Crippen molar-refractivity contribution in [3.05, 3.63) is 68.6 Å². The number of benzene rings is 2. The molecule has 0 saturated carbocycles. The van der Waals surface area contributed by atoms with Gasteiger partial charge in [-0.25, -0.2) is 4.79 Å². The number of aryl methyl sites for hydroxylation is 4. The standard InChI is InChI=1S/C20H20N4O2/c1-6-16-8-7-9-18(24-20(25)23(5)21-22-24)17(16)12-26-19-11-14(3)13(2)10-15(19)4/h1,7-11H,12H2,2-5H3. The highest BCUT2D eigenvalue weighted by molar-refractivity contribution is 5.51. The van der Waals surface area contributed by atoms with Gasteiger partial charge in [-0.05, 0) is 66.1 Å². The average Bonchev–Trinajstić information content (AvgIpc) is 2.95. The highest BCUT2D eigenvalue weighted by atomic mass is 16.5. The van der Waals surface area contributed by atoms with Crippen LogP contribution in [-0.4, -0.2) is 19.8 Å². The van der Waals surface area contributed by atoms with Crippen LogP contribution in [0.3, 0.4) is 0 Å². The first-order valence-corrected chi connectivity index (χ1v) is 8.21. The molecule has 0 unspecified atom stereocenters. The number of rotatable bonds is 4. The largest absolute Gasteiger partial charge is 0.488 e. The van der Waals surface area contributed by atoms with Crippen LogP contribution in [0, 0.1) is 33.1 Å². The van der Waals surface area contributed by atoms with Crippen molar-refractivity contribution in [1.29, 1.82) is 0 Å². The first-order chi connectivity index (χ1) is 12.4. The van der Waals surface area contributed by atoms with E-state index in [4.69, 9.17) is 11.2 Å². The molecular weight excluding hydrogens is 328 g/mol. The second-order valence-electron chi connectivity index (χ2n) is 6.24. The minimum atomic E-state index is -0.345. The maximum absolute atomic E-state index is 12.2. The quantitative estimate of drug-likeness (QED) is 0.680. The number of nitrogens with zero attached hydrogens (tertiary/aromatic N) is 4. The van der Waals surface area contributed by atoms with Gasteiger partial charge in [-0.2, -0.15) is 9.36 Å². The van der Waals surface area contributed by atoms with Crippen molar-refractivity contribution in [3.63, 3.8) is 0 Å². The van der Waals surface area contributed by atoms with Crippen LogP contribution in [0.2, 0.25) is 0 Å². The maximum Gasteiger partial charge on any atom is 0.368 e. The molecule has 6 heteroatoms. The normalized spacial score (nSPS) is 10.6. The van der Waals surface area contributed by atoms with Gasteiger partial charge < -0.3 is 4.74 Å². The Labute approximate surface area is 152 Å². The van der Waals surface area contributed by atoms with E-state index in [2.05, 4.69) is 29.3 Å². The third-order valence-electron chi connectivity index (χ3n) is 4.42. The van der Waals surface area contributed by atoms with Gasteiger partial charge in [-0.1, -0.05) is 18.1 Å². The monoisotopic (exact) mass is 348 g/mol. The van der Waals surface area contributed by atoms with Gasteiger partial charge in [0.15, 0.2) is 0 Å². The third-order valence-corrected chi connectivity index (χ3v) is 4.42. The first-order valence-electron chi connectivity index (χ1n) is 8.21. The van der Waals surface area contributed by atoms with Crippen LogP contribution in [-0.2, 0) is 13.7 Å². The summed E-state index contributed by atoms with van der Waals surface area (Å²) in [4.78, 5) is 12.2. The number of hydrogen-bond acceptors (Lipinski definition) is 4.